The molecule has 0 spiro atoms. The molecule has 5 nitrogen and oxygen atoms in total. The molecule has 0 aliphatic carbocycles. The number of aromatic hydroxyl groups is 1. The number of azo groups is 1. The monoisotopic (exact) mass is 290 g/mol. The van der Waals surface area contributed by atoms with Crippen LogP contribution in [0.15, 0.2) is 28.4 Å². The Labute approximate surface area is 123 Å². The van der Waals surface area contributed by atoms with Crippen LogP contribution in [-0.2, 0) is 0 Å². The van der Waals surface area contributed by atoms with Crippen molar-refractivity contribution in [1.82, 2.24) is 9.88 Å². The van der Waals surface area contributed by atoms with Gasteiger partial charge in [0.1, 0.15) is 0 Å². The van der Waals surface area contributed by atoms with Crippen LogP contribution in [0.2, 0.25) is 0 Å². The van der Waals surface area contributed by atoms with Gasteiger partial charge in [-0.25, -0.2) is 0 Å². The highest BCUT2D eigenvalue weighted by molar-refractivity contribution is 7.80. The number of hydrogen-bond acceptors (Lipinski definition) is 3. The van der Waals surface area contributed by atoms with Crippen molar-refractivity contribution in [3.05, 3.63) is 23.8 Å². The zero-order chi connectivity index (χ0) is 14.7. The van der Waals surface area contributed by atoms with Gasteiger partial charge in [0.25, 0.3) is 0 Å². The van der Waals surface area contributed by atoms with E-state index in [1.807, 2.05) is 43.9 Å². The summed E-state index contributed by atoms with van der Waals surface area (Å²) in [5.41, 5.74) is 2.34. The first-order chi connectivity index (χ1) is 9.58. The lowest BCUT2D eigenvalue weighted by atomic mass is 10.1. The maximum atomic E-state index is 9.96. The fraction of sp³-hybridized carbons (Fsp3) is 0.357. The molecule has 0 amide bonds. The number of benzene rings is 1. The second-order valence-corrected chi connectivity index (χ2v) is 4.84. The highest BCUT2D eigenvalue weighted by Crippen LogP contribution is 2.36. The van der Waals surface area contributed by atoms with Crippen LogP contribution in [0.25, 0.3) is 10.9 Å². The molecule has 2 aromatic rings. The molecule has 20 heavy (non-hydrogen) atoms. The second kappa shape index (κ2) is 6.00. The Morgan fingerprint density at radius 2 is 2.05 bits per heavy atom. The number of thiocarbonyl (C=S) groups is 1. The maximum absolute atomic E-state index is 9.96. The number of H-pyrrole nitrogens is 1. The smallest absolute Gasteiger partial charge is 0.218 e. The Kier molecular flexibility index (Phi) is 4.34. The summed E-state index contributed by atoms with van der Waals surface area (Å²) in [6, 6.07) is 5.79. The molecule has 0 saturated carbocycles. The first-order valence-electron chi connectivity index (χ1n) is 6.59. The number of nitrogens with one attached hydrogen (secondary N) is 1. The van der Waals surface area contributed by atoms with E-state index in [1.54, 1.807) is 0 Å². The molecular weight excluding hydrogens is 272 g/mol. The predicted molar refractivity (Wildman–Crippen MR) is 84.7 cm³/mol. The minimum Gasteiger partial charge on any atom is -0.493 e. The van der Waals surface area contributed by atoms with Crippen molar-refractivity contribution in [3.63, 3.8) is 0 Å². The largest absolute Gasteiger partial charge is 0.493 e. The lowest BCUT2D eigenvalue weighted by molar-refractivity contribution is 0.458. The topological polar surface area (TPSA) is 64.0 Å². The van der Waals surface area contributed by atoms with Gasteiger partial charge < -0.3 is 15.0 Å². The van der Waals surface area contributed by atoms with Gasteiger partial charge >= 0.3 is 0 Å². The fourth-order valence-corrected chi connectivity index (χ4v) is 2.39. The van der Waals surface area contributed by atoms with Crippen molar-refractivity contribution in [1.29, 1.82) is 0 Å². The summed E-state index contributed by atoms with van der Waals surface area (Å²) in [7, 11) is 0. The van der Waals surface area contributed by atoms with Gasteiger partial charge in [-0.05, 0) is 38.6 Å². The predicted octanol–water partition coefficient (Wildman–Crippen LogP) is 3.89. The van der Waals surface area contributed by atoms with Crippen molar-refractivity contribution >= 4 is 33.9 Å². The Bertz CT molecular complexity index is 658. The summed E-state index contributed by atoms with van der Waals surface area (Å²) in [6.45, 7) is 7.57. The summed E-state index contributed by atoms with van der Waals surface area (Å²) in [4.78, 5) is 4.85. The Hall–Kier alpha value is -1.95. The number of aromatic amines is 1. The van der Waals surface area contributed by atoms with E-state index in [-0.39, 0.29) is 5.88 Å². The molecular formula is C14H18N4OS. The maximum Gasteiger partial charge on any atom is 0.218 e. The van der Waals surface area contributed by atoms with Crippen molar-refractivity contribution in [2.45, 2.75) is 20.8 Å². The van der Waals surface area contributed by atoms with Gasteiger partial charge in [-0.3, -0.25) is 0 Å². The number of aromatic nitrogens is 1. The summed E-state index contributed by atoms with van der Waals surface area (Å²) in [6.07, 6.45) is 0. The molecule has 2 rings (SSSR count). The molecule has 0 unspecified atom stereocenters. The third kappa shape index (κ3) is 2.65. The molecule has 1 heterocycles. The molecule has 0 bridgehead atoms. The van der Waals surface area contributed by atoms with E-state index >= 15 is 0 Å². The van der Waals surface area contributed by atoms with Crippen LogP contribution < -0.4 is 0 Å². The lowest BCUT2D eigenvalue weighted by Crippen LogP contribution is -2.27. The molecule has 0 saturated heterocycles. The zero-order valence-electron chi connectivity index (χ0n) is 11.8. The van der Waals surface area contributed by atoms with E-state index in [0.717, 1.165) is 29.6 Å². The average Bonchev–Trinajstić information content (AvgIpc) is 2.75. The van der Waals surface area contributed by atoms with E-state index in [4.69, 9.17) is 12.2 Å². The Morgan fingerprint density at radius 3 is 2.70 bits per heavy atom. The normalized spacial score (nSPS) is 11.3. The van der Waals surface area contributed by atoms with Crippen molar-refractivity contribution in [2.75, 3.05) is 13.1 Å². The summed E-state index contributed by atoms with van der Waals surface area (Å²) >= 11 is 5.21. The van der Waals surface area contributed by atoms with Gasteiger partial charge in [0.05, 0.1) is 5.52 Å². The molecule has 6 heteroatoms. The van der Waals surface area contributed by atoms with E-state index in [2.05, 4.69) is 15.2 Å². The molecule has 106 valence electrons. The lowest BCUT2D eigenvalue weighted by Gasteiger charge is -2.16. The molecule has 1 aromatic carbocycles. The van der Waals surface area contributed by atoms with Crippen molar-refractivity contribution in [3.8, 4) is 5.88 Å². The number of nitrogens with zero attached hydrogens (tertiary/aromatic N) is 3. The van der Waals surface area contributed by atoms with Gasteiger partial charge in [0, 0.05) is 18.5 Å². The van der Waals surface area contributed by atoms with Crippen molar-refractivity contribution < 1.29 is 5.11 Å². The van der Waals surface area contributed by atoms with Crippen LogP contribution in [-0.4, -0.2) is 33.2 Å². The van der Waals surface area contributed by atoms with Gasteiger partial charge in [0.15, 0.2) is 5.69 Å². The van der Waals surface area contributed by atoms with Gasteiger partial charge in [-0.2, -0.15) is 0 Å². The molecule has 0 atom stereocenters. The van der Waals surface area contributed by atoms with E-state index in [1.165, 1.54) is 0 Å². The third-order valence-corrected chi connectivity index (χ3v) is 3.60. The highest BCUT2D eigenvalue weighted by Gasteiger charge is 2.12. The molecule has 0 fully saturated rings. The minimum absolute atomic E-state index is 0.0143. The van der Waals surface area contributed by atoms with Crippen molar-refractivity contribution in [2.24, 2.45) is 10.2 Å². The molecule has 1 aromatic heterocycles. The standard InChI is InChI=1S/C14H18N4OS/c1-4-18(5-2)14(20)17-16-12-10-8-6-7-9(3)11(10)15-13(12)19/h6-8,15,19H,4-5H2,1-3H3. The summed E-state index contributed by atoms with van der Waals surface area (Å²) in [5.74, 6) is 0.0143. The van der Waals surface area contributed by atoms with Crippen LogP contribution in [0, 0.1) is 6.92 Å². The Morgan fingerprint density at radius 1 is 1.35 bits per heavy atom. The van der Waals surface area contributed by atoms with Crippen LogP contribution in [0.1, 0.15) is 19.4 Å². The molecule has 2 N–H and O–H groups in total. The first-order valence-corrected chi connectivity index (χ1v) is 7.00. The average molecular weight is 290 g/mol. The fourth-order valence-electron chi connectivity index (χ4n) is 2.09. The number of para-hydroxylation sites is 1. The second-order valence-electron chi connectivity index (χ2n) is 4.47. The zero-order valence-corrected chi connectivity index (χ0v) is 12.7. The highest BCUT2D eigenvalue weighted by atomic mass is 32.1. The van der Waals surface area contributed by atoms with E-state index in [9.17, 15) is 5.11 Å². The minimum atomic E-state index is 0.0143. The third-order valence-electron chi connectivity index (χ3n) is 3.27. The molecule has 0 aliphatic rings. The summed E-state index contributed by atoms with van der Waals surface area (Å²) in [5, 5.41) is 19.4. The number of rotatable bonds is 3. The number of fused-ring (bicyclic) bond motifs is 1. The van der Waals surface area contributed by atoms with E-state index in [0.29, 0.717) is 10.8 Å². The number of aryl methyl sites for hydroxylation is 1. The summed E-state index contributed by atoms with van der Waals surface area (Å²) < 4.78 is 0. The first kappa shape index (κ1) is 14.5. The molecule has 0 radical (unpaired) electrons. The van der Waals surface area contributed by atoms with E-state index < -0.39 is 0 Å². The van der Waals surface area contributed by atoms with Crippen LogP contribution >= 0.6 is 12.2 Å². The van der Waals surface area contributed by atoms with Crippen LogP contribution in [0.3, 0.4) is 0 Å². The van der Waals surface area contributed by atoms with Gasteiger partial charge in [-0.15, -0.1) is 10.2 Å². The number of hydrogen-bond donors (Lipinski definition) is 2. The molecule has 0 aliphatic heterocycles. The van der Waals surface area contributed by atoms with Crippen LogP contribution in [0.5, 0.6) is 5.88 Å². The van der Waals surface area contributed by atoms with Gasteiger partial charge in [-0.1, -0.05) is 18.2 Å². The SMILES string of the molecule is CCN(CC)C(=S)N=Nc1c(O)[nH]c2c(C)cccc12. The Balaban J connectivity index is 2.37. The quantitative estimate of drug-likeness (QED) is 0.665. The van der Waals surface area contributed by atoms with Gasteiger partial charge in [0.2, 0.25) is 11.0 Å². The van der Waals surface area contributed by atoms with Crippen LogP contribution in [0.4, 0.5) is 5.69 Å².